The number of furan rings is 1. The van der Waals surface area contributed by atoms with Gasteiger partial charge in [-0.1, -0.05) is 121 Å². The van der Waals surface area contributed by atoms with Crippen molar-refractivity contribution in [3.63, 3.8) is 0 Å². The molecule has 12 rings (SSSR count). The highest BCUT2D eigenvalue weighted by Gasteiger charge is 2.23. The molecule has 0 atom stereocenters. The number of nitrogens with zero attached hydrogens (tertiary/aromatic N) is 3. The molecule has 5 heteroatoms. The Morgan fingerprint density at radius 2 is 1.31 bits per heavy atom. The summed E-state index contributed by atoms with van der Waals surface area (Å²) in [5, 5.41) is 7.25. The minimum atomic E-state index is 0.616. The van der Waals surface area contributed by atoms with Gasteiger partial charge in [0.25, 0.3) is 0 Å². The van der Waals surface area contributed by atoms with Crippen LogP contribution in [-0.4, -0.2) is 15.0 Å². The summed E-state index contributed by atoms with van der Waals surface area (Å²) in [4.78, 5) is 15.4. The molecule has 0 unspecified atom stereocenters. The van der Waals surface area contributed by atoms with Gasteiger partial charge in [-0.15, -0.1) is 11.3 Å². The Morgan fingerprint density at radius 1 is 0.500 bits per heavy atom. The van der Waals surface area contributed by atoms with E-state index in [2.05, 4.69) is 121 Å². The molecule has 0 bridgehead atoms. The first kappa shape index (κ1) is 29.8. The molecule has 0 saturated carbocycles. The fraction of sp³-hybridized carbons (Fsp3) is 0.0408. The fourth-order valence-electron chi connectivity index (χ4n) is 8.66. The van der Waals surface area contributed by atoms with Crippen LogP contribution in [0.4, 0.5) is 0 Å². The van der Waals surface area contributed by atoms with E-state index < -0.39 is 0 Å². The van der Waals surface area contributed by atoms with Crippen molar-refractivity contribution in [1.82, 2.24) is 15.0 Å². The number of benzene rings is 7. The zero-order valence-electron chi connectivity index (χ0n) is 29.0. The van der Waals surface area contributed by atoms with Crippen molar-refractivity contribution in [2.75, 3.05) is 0 Å². The number of rotatable bonds is 4. The molecule has 0 saturated heterocycles. The minimum absolute atomic E-state index is 0.616. The highest BCUT2D eigenvalue weighted by atomic mass is 32.1. The van der Waals surface area contributed by atoms with Gasteiger partial charge in [0, 0.05) is 47.6 Å². The third-order valence-electron chi connectivity index (χ3n) is 11.2. The zero-order chi connectivity index (χ0) is 35.3. The zero-order valence-corrected chi connectivity index (χ0v) is 29.8. The highest BCUT2D eigenvalue weighted by Crippen LogP contribution is 2.45. The first-order valence-electron chi connectivity index (χ1n) is 18.4. The van der Waals surface area contributed by atoms with Crippen LogP contribution in [0.5, 0.6) is 0 Å². The van der Waals surface area contributed by atoms with Gasteiger partial charge in [0.1, 0.15) is 11.2 Å². The van der Waals surface area contributed by atoms with Gasteiger partial charge in [-0.3, -0.25) is 0 Å². The standard InChI is InChI=1S/C49H29N3OS/c1-2-8-31(9-3-1)47-50-48(33-20-23-36-35-12-4-5-15-42(35)54-43(36)27-33)52-49(51-47)38-13-7-14-41-46(38)39-26-32(21-25-40(39)53-41)34-22-18-30-17-16-28-10-6-11-29-19-24-37(34)45(30)44(28)29/h1-9,11-16,18-27H,10,17H2. The second-order valence-corrected chi connectivity index (χ2v) is 15.3. The molecule has 4 nitrogen and oxygen atoms in total. The molecular weight excluding hydrogens is 679 g/mol. The predicted molar refractivity (Wildman–Crippen MR) is 225 cm³/mol. The lowest BCUT2D eigenvalue weighted by molar-refractivity contribution is 0.669. The van der Waals surface area contributed by atoms with Crippen LogP contribution in [0.25, 0.3) is 110 Å². The van der Waals surface area contributed by atoms with Crippen LogP contribution in [-0.2, 0) is 6.42 Å². The van der Waals surface area contributed by atoms with E-state index in [9.17, 15) is 0 Å². The van der Waals surface area contributed by atoms with Crippen molar-refractivity contribution in [3.05, 3.63) is 162 Å². The summed E-state index contributed by atoms with van der Waals surface area (Å²) in [6, 6.07) is 47.3. The summed E-state index contributed by atoms with van der Waals surface area (Å²) in [6.07, 6.45) is 8.94. The van der Waals surface area contributed by atoms with Gasteiger partial charge in [0.2, 0.25) is 0 Å². The average Bonchev–Trinajstić information content (AvgIpc) is 3.80. The number of allylic oxidation sites excluding steroid dienone is 3. The summed E-state index contributed by atoms with van der Waals surface area (Å²) < 4.78 is 9.02. The van der Waals surface area contributed by atoms with E-state index in [4.69, 9.17) is 19.4 Å². The lowest BCUT2D eigenvalue weighted by Crippen LogP contribution is -2.03. The molecule has 2 aliphatic carbocycles. The molecule has 3 heterocycles. The predicted octanol–water partition coefficient (Wildman–Crippen LogP) is 13.3. The third-order valence-corrected chi connectivity index (χ3v) is 12.3. The molecule has 10 aromatic rings. The lowest BCUT2D eigenvalue weighted by Gasteiger charge is -2.24. The Hall–Kier alpha value is -6.69. The number of fused-ring (bicyclic) bond motifs is 6. The number of thiophene rings is 1. The number of aromatic nitrogens is 3. The van der Waals surface area contributed by atoms with E-state index >= 15 is 0 Å². The molecule has 252 valence electrons. The second kappa shape index (κ2) is 11.4. The molecular formula is C49H29N3OS. The van der Waals surface area contributed by atoms with E-state index in [-0.39, 0.29) is 0 Å². The van der Waals surface area contributed by atoms with E-state index in [1.165, 1.54) is 58.8 Å². The van der Waals surface area contributed by atoms with Gasteiger partial charge in [-0.25, -0.2) is 15.0 Å². The molecule has 7 aromatic carbocycles. The summed E-state index contributed by atoms with van der Waals surface area (Å²) in [5.74, 6) is 1.89. The maximum Gasteiger partial charge on any atom is 0.164 e. The van der Waals surface area contributed by atoms with Crippen molar-refractivity contribution in [1.29, 1.82) is 0 Å². The molecule has 0 N–H and O–H groups in total. The number of hydrogen-bond acceptors (Lipinski definition) is 5. The normalized spacial score (nSPS) is 13.4. The van der Waals surface area contributed by atoms with Crippen molar-refractivity contribution in [3.8, 4) is 45.3 Å². The summed E-state index contributed by atoms with van der Waals surface area (Å²) >= 11 is 1.80. The Bertz CT molecular complexity index is 3280. The summed E-state index contributed by atoms with van der Waals surface area (Å²) in [7, 11) is 0. The molecule has 0 aliphatic heterocycles. The first-order chi connectivity index (χ1) is 26.7. The molecule has 3 aromatic heterocycles. The highest BCUT2D eigenvalue weighted by molar-refractivity contribution is 7.25. The van der Waals surface area contributed by atoms with Gasteiger partial charge in [-0.2, -0.15) is 0 Å². The quantitative estimate of drug-likeness (QED) is 0.183. The van der Waals surface area contributed by atoms with Crippen LogP contribution in [0.2, 0.25) is 0 Å². The van der Waals surface area contributed by atoms with Crippen molar-refractivity contribution in [2.24, 2.45) is 0 Å². The van der Waals surface area contributed by atoms with Crippen LogP contribution in [0, 0.1) is 0 Å². The van der Waals surface area contributed by atoms with Crippen LogP contribution in [0.3, 0.4) is 0 Å². The maximum absolute atomic E-state index is 6.53. The van der Waals surface area contributed by atoms with Crippen LogP contribution >= 0.6 is 11.3 Å². The second-order valence-electron chi connectivity index (χ2n) is 14.2. The third kappa shape index (κ3) is 4.46. The molecule has 2 aliphatic rings. The molecule has 0 amide bonds. The Morgan fingerprint density at radius 3 is 2.26 bits per heavy atom. The summed E-state index contributed by atoms with van der Waals surface area (Å²) in [5.41, 5.74) is 12.4. The van der Waals surface area contributed by atoms with Crippen molar-refractivity contribution in [2.45, 2.75) is 12.8 Å². The van der Waals surface area contributed by atoms with Crippen LogP contribution < -0.4 is 0 Å². The van der Waals surface area contributed by atoms with E-state index in [0.29, 0.717) is 17.5 Å². The monoisotopic (exact) mass is 707 g/mol. The average molecular weight is 708 g/mol. The molecule has 0 fully saturated rings. The van der Waals surface area contributed by atoms with Gasteiger partial charge in [-0.05, 0) is 87.3 Å². The Balaban J connectivity index is 1.06. The van der Waals surface area contributed by atoms with Gasteiger partial charge in [0.05, 0.1) is 0 Å². The molecule has 54 heavy (non-hydrogen) atoms. The van der Waals surface area contributed by atoms with E-state index in [0.717, 1.165) is 57.0 Å². The molecule has 0 radical (unpaired) electrons. The largest absolute Gasteiger partial charge is 0.456 e. The van der Waals surface area contributed by atoms with Crippen molar-refractivity contribution < 1.29 is 4.42 Å². The first-order valence-corrected chi connectivity index (χ1v) is 19.2. The maximum atomic E-state index is 6.53. The fourth-order valence-corrected chi connectivity index (χ4v) is 9.81. The molecule has 0 spiro atoms. The van der Waals surface area contributed by atoms with Crippen molar-refractivity contribution >= 4 is 75.9 Å². The summed E-state index contributed by atoms with van der Waals surface area (Å²) in [6.45, 7) is 0. The Labute approximate surface area is 314 Å². The van der Waals surface area contributed by atoms with Gasteiger partial charge >= 0.3 is 0 Å². The lowest BCUT2D eigenvalue weighted by atomic mass is 9.80. The van der Waals surface area contributed by atoms with E-state index in [1.54, 1.807) is 11.3 Å². The Kier molecular flexibility index (Phi) is 6.30. The number of hydrogen-bond donors (Lipinski definition) is 0. The SMILES string of the molecule is C1=Cc2ccc3c(-c4ccc5oc6cccc(-c7nc(-c8ccccc8)nc(-c8ccc9c(c8)sc8ccccc89)n7)c6c5c4)ccc4c3c2C(=CC4)C1. The smallest absolute Gasteiger partial charge is 0.164 e. The van der Waals surface area contributed by atoms with E-state index in [1.807, 2.05) is 30.3 Å². The topological polar surface area (TPSA) is 51.8 Å². The van der Waals surface area contributed by atoms with Gasteiger partial charge in [0.15, 0.2) is 17.5 Å². The minimum Gasteiger partial charge on any atom is -0.456 e. The van der Waals surface area contributed by atoms with Crippen LogP contribution in [0.15, 0.2) is 150 Å². The van der Waals surface area contributed by atoms with Crippen LogP contribution in [0.1, 0.15) is 23.1 Å². The van der Waals surface area contributed by atoms with Gasteiger partial charge < -0.3 is 4.42 Å².